The Morgan fingerprint density at radius 3 is 2.57 bits per heavy atom. The molecule has 2 aliphatic rings. The molecule has 0 fully saturated rings. The van der Waals surface area contributed by atoms with Gasteiger partial charge in [-0.3, -0.25) is 4.79 Å². The summed E-state index contributed by atoms with van der Waals surface area (Å²) in [6, 6.07) is 4.18. The first-order valence-electron chi connectivity index (χ1n) is 4.59. The van der Waals surface area contributed by atoms with Gasteiger partial charge in [0.1, 0.15) is 0 Å². The summed E-state index contributed by atoms with van der Waals surface area (Å²) in [6.45, 7) is 0. The van der Waals surface area contributed by atoms with E-state index in [0.717, 1.165) is 10.8 Å². The van der Waals surface area contributed by atoms with E-state index in [0.29, 0.717) is 0 Å². The van der Waals surface area contributed by atoms with Gasteiger partial charge in [-0.15, -0.1) is 0 Å². The van der Waals surface area contributed by atoms with Gasteiger partial charge in [0.2, 0.25) is 0 Å². The summed E-state index contributed by atoms with van der Waals surface area (Å²) in [5, 5.41) is 2.26. The molecule has 2 aliphatic carbocycles. The lowest BCUT2D eigenvalue weighted by Crippen LogP contribution is -2.18. The van der Waals surface area contributed by atoms with Gasteiger partial charge in [-0.25, -0.2) is 0 Å². The first kappa shape index (κ1) is 7.51. The number of carbonyl (C=O) groups excluding carboxylic acids is 1. The smallest absolute Gasteiger partial charge is 0.179 e. The van der Waals surface area contributed by atoms with E-state index in [4.69, 9.17) is 0 Å². The lowest BCUT2D eigenvalue weighted by Gasteiger charge is -2.02. The first-order chi connectivity index (χ1) is 6.83. The van der Waals surface area contributed by atoms with E-state index < -0.39 is 0 Å². The zero-order valence-electron chi connectivity index (χ0n) is 7.53. The fraction of sp³-hybridized carbons (Fsp3) is 0. The van der Waals surface area contributed by atoms with E-state index in [1.165, 1.54) is 10.8 Å². The maximum Gasteiger partial charge on any atom is 0.179 e. The molecule has 0 aliphatic heterocycles. The van der Waals surface area contributed by atoms with Crippen molar-refractivity contribution in [3.63, 3.8) is 0 Å². The van der Waals surface area contributed by atoms with Crippen molar-refractivity contribution in [2.45, 2.75) is 0 Å². The number of hydrogen-bond acceptors (Lipinski definition) is 1. The Kier molecular flexibility index (Phi) is 1.37. The molecule has 0 heterocycles. The second-order valence-corrected chi connectivity index (χ2v) is 3.52. The summed E-state index contributed by atoms with van der Waals surface area (Å²) in [6.07, 6.45) is 11.3. The summed E-state index contributed by atoms with van der Waals surface area (Å²) >= 11 is 0. The van der Waals surface area contributed by atoms with Crippen LogP contribution in [0.1, 0.15) is 11.1 Å². The van der Waals surface area contributed by atoms with Crippen LogP contribution in [0.15, 0.2) is 24.3 Å². The van der Waals surface area contributed by atoms with E-state index in [9.17, 15) is 4.79 Å². The number of ketones is 1. The van der Waals surface area contributed by atoms with Crippen LogP contribution in [0.25, 0.3) is 24.3 Å². The monoisotopic (exact) mass is 180 g/mol. The maximum absolute atomic E-state index is 11.2. The van der Waals surface area contributed by atoms with Crippen molar-refractivity contribution in [1.82, 2.24) is 0 Å². The average Bonchev–Trinajstić information content (AvgIpc) is 2.61. The third kappa shape index (κ3) is 0.990. The molecule has 3 rings (SSSR count). The third-order valence-corrected chi connectivity index (χ3v) is 2.57. The van der Waals surface area contributed by atoms with Crippen molar-refractivity contribution in [1.29, 1.82) is 0 Å². The highest BCUT2D eigenvalue weighted by Gasteiger charge is 2.04. The fourth-order valence-corrected chi connectivity index (χ4v) is 1.86. The number of benzene rings is 1. The molecule has 0 N–H and O–H groups in total. The normalized spacial score (nSPS) is 15.9. The van der Waals surface area contributed by atoms with Gasteiger partial charge >= 0.3 is 0 Å². The molecule has 1 aromatic rings. The molecule has 0 aromatic heterocycles. The average molecular weight is 180 g/mol. The van der Waals surface area contributed by atoms with E-state index in [-0.39, 0.29) is 5.78 Å². The van der Waals surface area contributed by atoms with Gasteiger partial charge in [0.15, 0.2) is 5.78 Å². The van der Waals surface area contributed by atoms with E-state index in [2.05, 4.69) is 24.3 Å². The van der Waals surface area contributed by atoms with Crippen LogP contribution in [0.4, 0.5) is 0 Å². The number of hydrogen-bond donors (Lipinski definition) is 0. The zero-order chi connectivity index (χ0) is 9.54. The van der Waals surface area contributed by atoms with E-state index in [1.807, 2.05) is 12.2 Å². The number of carbonyl (C=O) groups is 1. The topological polar surface area (TPSA) is 17.1 Å². The van der Waals surface area contributed by atoms with Crippen LogP contribution in [0.3, 0.4) is 0 Å². The Labute approximate surface area is 81.4 Å². The van der Waals surface area contributed by atoms with Gasteiger partial charge < -0.3 is 0 Å². The molecule has 1 aromatic carbocycles. The van der Waals surface area contributed by atoms with Crippen molar-refractivity contribution >= 4 is 30.1 Å². The summed E-state index contributed by atoms with van der Waals surface area (Å²) < 4.78 is 0. The van der Waals surface area contributed by atoms with Crippen LogP contribution in [-0.4, -0.2) is 5.78 Å². The Morgan fingerprint density at radius 2 is 1.64 bits per heavy atom. The lowest BCUT2D eigenvalue weighted by atomic mass is 10.0. The standard InChI is InChI=1S/C13H8O/c14-13-5-4-11-6-9-2-1-3-10(9)7-12(11)8-13/h1-8H. The van der Waals surface area contributed by atoms with Gasteiger partial charge in [-0.1, -0.05) is 24.3 Å². The quantitative estimate of drug-likeness (QED) is 0.579. The van der Waals surface area contributed by atoms with E-state index in [1.54, 1.807) is 12.2 Å². The Hall–Kier alpha value is -1.89. The van der Waals surface area contributed by atoms with Gasteiger partial charge in [0.05, 0.1) is 0 Å². The number of fused-ring (bicyclic) bond motifs is 2. The summed E-state index contributed by atoms with van der Waals surface area (Å²) in [5.74, 6) is 0.0726. The van der Waals surface area contributed by atoms with Crippen LogP contribution < -0.4 is 10.4 Å². The fourth-order valence-electron chi connectivity index (χ4n) is 1.86. The van der Waals surface area contributed by atoms with Crippen molar-refractivity contribution in [2.75, 3.05) is 0 Å². The largest absolute Gasteiger partial charge is 0.290 e. The molecular formula is C13H8O. The Balaban J connectivity index is 2.42. The van der Waals surface area contributed by atoms with Crippen molar-refractivity contribution in [3.8, 4) is 0 Å². The molecule has 1 heteroatoms. The minimum Gasteiger partial charge on any atom is -0.290 e. The van der Waals surface area contributed by atoms with Gasteiger partial charge in [0, 0.05) is 0 Å². The van der Waals surface area contributed by atoms with Crippen molar-refractivity contribution < 1.29 is 4.79 Å². The van der Waals surface area contributed by atoms with Crippen LogP contribution in [-0.2, 0) is 4.79 Å². The minimum absolute atomic E-state index is 0.0726. The molecule has 0 unspecified atom stereocenters. The van der Waals surface area contributed by atoms with Crippen molar-refractivity contribution in [2.24, 2.45) is 0 Å². The summed E-state index contributed by atoms with van der Waals surface area (Å²) in [7, 11) is 0. The highest BCUT2D eigenvalue weighted by atomic mass is 16.1. The summed E-state index contributed by atoms with van der Waals surface area (Å²) in [5.41, 5.74) is 2.33. The third-order valence-electron chi connectivity index (χ3n) is 2.57. The molecule has 0 amide bonds. The van der Waals surface area contributed by atoms with Crippen LogP contribution >= 0.6 is 0 Å². The van der Waals surface area contributed by atoms with Crippen LogP contribution in [0.5, 0.6) is 0 Å². The molecule has 0 atom stereocenters. The molecule has 14 heavy (non-hydrogen) atoms. The molecular weight excluding hydrogens is 172 g/mol. The second kappa shape index (κ2) is 2.55. The van der Waals surface area contributed by atoms with Gasteiger partial charge in [-0.2, -0.15) is 0 Å². The van der Waals surface area contributed by atoms with Gasteiger partial charge in [0.25, 0.3) is 0 Å². The van der Waals surface area contributed by atoms with Crippen LogP contribution in [0.2, 0.25) is 0 Å². The highest BCUT2D eigenvalue weighted by molar-refractivity contribution is 6.16. The molecule has 0 spiro atoms. The minimum atomic E-state index is 0.0726. The predicted octanol–water partition coefficient (Wildman–Crippen LogP) is 0.870. The second-order valence-electron chi connectivity index (χ2n) is 3.52. The first-order valence-corrected chi connectivity index (χ1v) is 4.59. The molecule has 0 radical (unpaired) electrons. The molecule has 1 nitrogen and oxygen atoms in total. The highest BCUT2D eigenvalue weighted by Crippen LogP contribution is 2.05. The molecule has 0 saturated heterocycles. The van der Waals surface area contributed by atoms with Crippen LogP contribution in [0, 0.1) is 0 Å². The Morgan fingerprint density at radius 1 is 0.857 bits per heavy atom. The number of allylic oxidation sites excluding steroid dienone is 2. The van der Waals surface area contributed by atoms with E-state index >= 15 is 0 Å². The molecule has 0 saturated carbocycles. The Bertz CT molecular complexity index is 601. The van der Waals surface area contributed by atoms with Gasteiger partial charge in [-0.05, 0) is 45.8 Å². The summed E-state index contributed by atoms with van der Waals surface area (Å²) in [4.78, 5) is 11.2. The number of rotatable bonds is 0. The maximum atomic E-state index is 11.2. The predicted molar refractivity (Wildman–Crippen MR) is 57.7 cm³/mol. The van der Waals surface area contributed by atoms with Crippen molar-refractivity contribution in [3.05, 3.63) is 45.8 Å². The molecule has 66 valence electrons. The lowest BCUT2D eigenvalue weighted by molar-refractivity contribution is -0.109. The zero-order valence-corrected chi connectivity index (χ0v) is 7.53. The molecule has 0 bridgehead atoms. The SMILES string of the molecule is O=C1C=Cc2cc3c(cc2=C1)C=CC=3.